The maximum Gasteiger partial charge on any atom is 0.294 e. The van der Waals surface area contributed by atoms with Crippen molar-refractivity contribution in [3.05, 3.63) is 109 Å². The number of amides is 3. The number of thioether (sulfide) groups is 1. The maximum atomic E-state index is 12.9. The molecule has 1 aliphatic rings. The Morgan fingerprint density at radius 1 is 0.949 bits per heavy atom. The minimum absolute atomic E-state index is 0.217. The Balaban J connectivity index is 1.26. The Morgan fingerprint density at radius 2 is 1.64 bits per heavy atom. The first-order chi connectivity index (χ1) is 18.8. The van der Waals surface area contributed by atoms with E-state index in [2.05, 4.69) is 61.4 Å². The SMILES string of the molecule is O=C(CN1C(=O)S/C(=C/c2cc(Br)c(OCc3ccc4ccccc4c3)c(Br)c2)C1=O)Nc1ccccc1Cl. The Bertz CT molecular complexity index is 1640. The Morgan fingerprint density at radius 3 is 2.38 bits per heavy atom. The highest BCUT2D eigenvalue weighted by Crippen LogP contribution is 2.38. The summed E-state index contributed by atoms with van der Waals surface area (Å²) >= 11 is 14.0. The van der Waals surface area contributed by atoms with Gasteiger partial charge in [0.05, 0.1) is 24.6 Å². The number of halogens is 3. The molecule has 4 aromatic carbocycles. The zero-order valence-corrected chi connectivity index (χ0v) is 24.9. The average Bonchev–Trinajstić information content (AvgIpc) is 3.16. The third-order valence-corrected chi connectivity index (χ3v) is 8.25. The molecule has 5 rings (SSSR count). The second-order valence-corrected chi connectivity index (χ2v) is 11.7. The van der Waals surface area contributed by atoms with Crippen LogP contribution in [0.25, 0.3) is 16.8 Å². The predicted molar refractivity (Wildman–Crippen MR) is 163 cm³/mol. The van der Waals surface area contributed by atoms with Crippen molar-refractivity contribution in [2.75, 3.05) is 11.9 Å². The lowest BCUT2D eigenvalue weighted by molar-refractivity contribution is -0.127. The quantitative estimate of drug-likeness (QED) is 0.198. The summed E-state index contributed by atoms with van der Waals surface area (Å²) in [6, 6.07) is 24.7. The number of hydrogen-bond acceptors (Lipinski definition) is 5. The molecule has 0 unspecified atom stereocenters. The Labute approximate surface area is 250 Å². The molecule has 0 saturated carbocycles. The van der Waals surface area contributed by atoms with E-state index < -0.39 is 23.6 Å². The topological polar surface area (TPSA) is 75.7 Å². The van der Waals surface area contributed by atoms with Crippen LogP contribution in [-0.4, -0.2) is 28.5 Å². The van der Waals surface area contributed by atoms with Gasteiger partial charge in [0.15, 0.2) is 0 Å². The lowest BCUT2D eigenvalue weighted by Crippen LogP contribution is -2.36. The summed E-state index contributed by atoms with van der Waals surface area (Å²) in [6.07, 6.45) is 1.61. The van der Waals surface area contributed by atoms with E-state index in [1.54, 1.807) is 42.5 Å². The monoisotopic (exact) mass is 684 g/mol. The van der Waals surface area contributed by atoms with Crippen molar-refractivity contribution in [2.45, 2.75) is 6.61 Å². The molecular weight excluding hydrogens is 668 g/mol. The third-order valence-electron chi connectivity index (χ3n) is 5.84. The van der Waals surface area contributed by atoms with Gasteiger partial charge in [-0.25, -0.2) is 0 Å². The van der Waals surface area contributed by atoms with Gasteiger partial charge in [0.25, 0.3) is 11.1 Å². The summed E-state index contributed by atoms with van der Waals surface area (Å²) < 4.78 is 7.45. The van der Waals surface area contributed by atoms with Crippen LogP contribution in [0.4, 0.5) is 10.5 Å². The number of para-hydroxylation sites is 1. The molecular formula is C29H19Br2ClN2O4S. The zero-order valence-electron chi connectivity index (χ0n) is 20.1. The van der Waals surface area contributed by atoms with Gasteiger partial charge < -0.3 is 10.1 Å². The van der Waals surface area contributed by atoms with Crippen LogP contribution >= 0.6 is 55.2 Å². The number of fused-ring (bicyclic) bond motifs is 1. The first-order valence-corrected chi connectivity index (χ1v) is 14.5. The van der Waals surface area contributed by atoms with Gasteiger partial charge in [0.2, 0.25) is 5.91 Å². The van der Waals surface area contributed by atoms with Gasteiger partial charge in [-0.1, -0.05) is 60.1 Å². The summed E-state index contributed by atoms with van der Waals surface area (Å²) in [4.78, 5) is 39.0. The molecule has 0 aromatic heterocycles. The number of anilines is 1. The van der Waals surface area contributed by atoms with Gasteiger partial charge in [0.1, 0.15) is 18.9 Å². The lowest BCUT2D eigenvalue weighted by atomic mass is 10.1. The highest BCUT2D eigenvalue weighted by molar-refractivity contribution is 9.11. The van der Waals surface area contributed by atoms with Gasteiger partial charge in [-0.3, -0.25) is 19.3 Å². The first kappa shape index (κ1) is 27.5. The third kappa shape index (κ3) is 6.38. The van der Waals surface area contributed by atoms with Gasteiger partial charge in [-0.05, 0) is 102 Å². The van der Waals surface area contributed by atoms with E-state index in [1.165, 1.54) is 5.39 Å². The molecule has 6 nitrogen and oxygen atoms in total. The van der Waals surface area contributed by atoms with E-state index in [1.807, 2.05) is 18.2 Å². The largest absolute Gasteiger partial charge is 0.487 e. The molecule has 4 aromatic rings. The van der Waals surface area contributed by atoms with Crippen molar-refractivity contribution < 1.29 is 19.1 Å². The fourth-order valence-corrected chi connectivity index (χ4v) is 6.44. The van der Waals surface area contributed by atoms with Crippen LogP contribution in [0, 0.1) is 0 Å². The van der Waals surface area contributed by atoms with Crippen LogP contribution in [0.15, 0.2) is 92.7 Å². The van der Waals surface area contributed by atoms with Gasteiger partial charge >= 0.3 is 0 Å². The number of nitrogens with zero attached hydrogens (tertiary/aromatic N) is 1. The summed E-state index contributed by atoms with van der Waals surface area (Å²) in [5.74, 6) is -0.446. The first-order valence-electron chi connectivity index (χ1n) is 11.7. The molecule has 1 N–H and O–H groups in total. The van der Waals surface area contributed by atoms with Crippen molar-refractivity contribution >= 4 is 94.8 Å². The predicted octanol–water partition coefficient (Wildman–Crippen LogP) is 8.27. The number of nitrogens with one attached hydrogen (secondary N) is 1. The van der Waals surface area contributed by atoms with Gasteiger partial charge in [0, 0.05) is 0 Å². The summed E-state index contributed by atoms with van der Waals surface area (Å²) in [5, 5.41) is 4.77. The molecule has 0 spiro atoms. The fraction of sp³-hybridized carbons (Fsp3) is 0.0690. The Hall–Kier alpha value is -3.11. The number of carbonyl (C=O) groups is 3. The van der Waals surface area contributed by atoms with Crippen LogP contribution in [0.3, 0.4) is 0 Å². The van der Waals surface area contributed by atoms with E-state index >= 15 is 0 Å². The zero-order chi connectivity index (χ0) is 27.5. The van der Waals surface area contributed by atoms with Crippen LogP contribution < -0.4 is 10.1 Å². The van der Waals surface area contributed by atoms with Crippen LogP contribution in [-0.2, 0) is 16.2 Å². The highest BCUT2D eigenvalue weighted by Gasteiger charge is 2.36. The van der Waals surface area contributed by atoms with E-state index in [0.717, 1.165) is 27.6 Å². The number of hydrogen-bond donors (Lipinski definition) is 1. The molecule has 0 bridgehead atoms. The van der Waals surface area contributed by atoms with E-state index in [-0.39, 0.29) is 4.91 Å². The van der Waals surface area contributed by atoms with Crippen LogP contribution in [0.1, 0.15) is 11.1 Å². The summed E-state index contributed by atoms with van der Waals surface area (Å²) in [6.45, 7) is -0.0430. The summed E-state index contributed by atoms with van der Waals surface area (Å²) in [5.41, 5.74) is 2.12. The van der Waals surface area contributed by atoms with E-state index in [0.29, 0.717) is 37.6 Å². The lowest BCUT2D eigenvalue weighted by Gasteiger charge is -2.13. The summed E-state index contributed by atoms with van der Waals surface area (Å²) in [7, 11) is 0. The minimum Gasteiger partial charge on any atom is -0.487 e. The minimum atomic E-state index is -0.539. The average molecular weight is 687 g/mol. The number of imide groups is 1. The maximum absolute atomic E-state index is 12.9. The number of rotatable bonds is 7. The molecule has 0 radical (unpaired) electrons. The second kappa shape index (κ2) is 12.0. The molecule has 3 amide bonds. The molecule has 1 saturated heterocycles. The number of benzene rings is 4. The fourth-order valence-electron chi connectivity index (χ4n) is 3.97. The van der Waals surface area contributed by atoms with Crippen LogP contribution in [0.2, 0.25) is 5.02 Å². The molecule has 10 heteroatoms. The number of ether oxygens (including phenoxy) is 1. The molecule has 196 valence electrons. The van der Waals surface area contributed by atoms with Crippen molar-refractivity contribution in [1.29, 1.82) is 0 Å². The smallest absolute Gasteiger partial charge is 0.294 e. The standard InChI is InChI=1S/C29H19Br2ClN2O4S/c30-21-12-18(13-22(31)27(21)38-16-17-9-10-19-5-1-2-6-20(19)11-17)14-25-28(36)34(29(37)39-25)15-26(35)33-24-8-4-3-7-23(24)32/h1-14H,15-16H2,(H,33,35)/b25-14+. The van der Waals surface area contributed by atoms with Gasteiger partial charge in [-0.15, -0.1) is 0 Å². The molecule has 0 aliphatic carbocycles. The van der Waals surface area contributed by atoms with Crippen molar-refractivity contribution in [1.82, 2.24) is 4.90 Å². The van der Waals surface area contributed by atoms with E-state index in [9.17, 15) is 14.4 Å². The number of carbonyl (C=O) groups excluding carboxylic acids is 3. The normalized spacial score (nSPS) is 14.3. The molecule has 1 fully saturated rings. The van der Waals surface area contributed by atoms with Crippen molar-refractivity contribution in [3.63, 3.8) is 0 Å². The highest BCUT2D eigenvalue weighted by atomic mass is 79.9. The Kier molecular flexibility index (Phi) is 8.42. The molecule has 39 heavy (non-hydrogen) atoms. The molecule has 1 heterocycles. The molecule has 1 aliphatic heterocycles. The second-order valence-electron chi connectivity index (χ2n) is 8.58. The van der Waals surface area contributed by atoms with Gasteiger partial charge in [-0.2, -0.15) is 0 Å². The van der Waals surface area contributed by atoms with Crippen molar-refractivity contribution in [2.24, 2.45) is 0 Å². The van der Waals surface area contributed by atoms with Crippen molar-refractivity contribution in [3.8, 4) is 5.75 Å². The molecule has 0 atom stereocenters. The van der Waals surface area contributed by atoms with Crippen LogP contribution in [0.5, 0.6) is 5.75 Å². The van der Waals surface area contributed by atoms with E-state index in [4.69, 9.17) is 16.3 Å².